The van der Waals surface area contributed by atoms with Crippen LogP contribution in [0.5, 0.6) is 0 Å². The quantitative estimate of drug-likeness (QED) is 0.307. The van der Waals surface area contributed by atoms with E-state index >= 15 is 0 Å². The van der Waals surface area contributed by atoms with Gasteiger partial charge >= 0.3 is 0 Å². The monoisotopic (exact) mass is 328 g/mol. The van der Waals surface area contributed by atoms with Gasteiger partial charge in [-0.1, -0.05) is 51.7 Å². The molecule has 0 aliphatic rings. The van der Waals surface area contributed by atoms with E-state index in [-0.39, 0.29) is 0 Å². The van der Waals surface area contributed by atoms with Gasteiger partial charge in [-0.3, -0.25) is 0 Å². The van der Waals surface area contributed by atoms with Gasteiger partial charge in [0.15, 0.2) is 0 Å². The Morgan fingerprint density at radius 3 is 1.50 bits per heavy atom. The fraction of sp³-hybridized carbons (Fsp3) is 0.545. The molecule has 0 saturated carbocycles. The summed E-state index contributed by atoms with van der Waals surface area (Å²) in [6.45, 7) is 14.5. The van der Waals surface area contributed by atoms with Crippen LogP contribution in [0.25, 0.3) is 0 Å². The molecule has 1 aromatic rings. The van der Waals surface area contributed by atoms with Crippen LogP contribution < -0.4 is 10.6 Å². The van der Waals surface area contributed by atoms with E-state index in [1.54, 1.807) is 0 Å². The van der Waals surface area contributed by atoms with Gasteiger partial charge in [0, 0.05) is 24.5 Å². The highest BCUT2D eigenvalue weighted by Crippen LogP contribution is 2.29. The first-order valence-corrected chi connectivity index (χ1v) is 9.62. The number of nitrogens with one attached hydrogen (secondary N) is 2. The van der Waals surface area contributed by atoms with Crippen LogP contribution in [0.1, 0.15) is 63.5 Å². The first kappa shape index (κ1) is 20.3. The maximum Gasteiger partial charge on any atom is 0.0380 e. The molecule has 0 bridgehead atoms. The van der Waals surface area contributed by atoms with E-state index in [0.29, 0.717) is 0 Å². The average Bonchev–Trinajstić information content (AvgIpc) is 2.59. The molecule has 2 nitrogen and oxygen atoms in total. The summed E-state index contributed by atoms with van der Waals surface area (Å²) in [5.74, 6) is 0. The summed E-state index contributed by atoms with van der Waals surface area (Å²) < 4.78 is 0. The third-order valence-corrected chi connectivity index (χ3v) is 4.32. The van der Waals surface area contributed by atoms with Crippen LogP contribution >= 0.6 is 0 Å². The molecule has 2 N–H and O–H groups in total. The number of rotatable bonds is 14. The lowest BCUT2D eigenvalue weighted by molar-refractivity contribution is 0.742. The standard InChI is InChI=1S/C22H36N2/c1-5-9-11-17-23-21-15-16-22(24-18-12-10-6-2)20(14-8-4)19(21)13-7-3/h7-8,15-16,23-24H,3-6,9-14,17-18H2,1-2H3. The fourth-order valence-corrected chi connectivity index (χ4v) is 2.98. The highest BCUT2D eigenvalue weighted by atomic mass is 14.9. The molecule has 0 radical (unpaired) electrons. The number of benzene rings is 1. The summed E-state index contributed by atoms with van der Waals surface area (Å²) in [5, 5.41) is 7.25. The Bertz CT molecular complexity index is 446. The van der Waals surface area contributed by atoms with Gasteiger partial charge in [-0.05, 0) is 48.9 Å². The molecule has 24 heavy (non-hydrogen) atoms. The third-order valence-electron chi connectivity index (χ3n) is 4.32. The van der Waals surface area contributed by atoms with Crippen LogP contribution in [-0.2, 0) is 12.8 Å². The molecule has 0 aliphatic heterocycles. The van der Waals surface area contributed by atoms with Gasteiger partial charge in [0.1, 0.15) is 0 Å². The van der Waals surface area contributed by atoms with E-state index in [1.165, 1.54) is 61.0 Å². The molecule has 0 atom stereocenters. The Hall–Kier alpha value is -1.70. The highest BCUT2D eigenvalue weighted by molar-refractivity contribution is 5.66. The summed E-state index contributed by atoms with van der Waals surface area (Å²) >= 11 is 0. The van der Waals surface area contributed by atoms with Crippen molar-refractivity contribution < 1.29 is 0 Å². The SMILES string of the molecule is C=CCc1c(NCCCCC)ccc(NCCCCC)c1CC=C. The highest BCUT2D eigenvalue weighted by Gasteiger charge is 2.11. The van der Waals surface area contributed by atoms with Crippen molar-refractivity contribution >= 4 is 11.4 Å². The predicted octanol–water partition coefficient (Wildman–Crippen LogP) is 6.35. The Kier molecular flexibility index (Phi) is 10.8. The largest absolute Gasteiger partial charge is 0.385 e. The average molecular weight is 329 g/mol. The van der Waals surface area contributed by atoms with Crippen molar-refractivity contribution in [3.63, 3.8) is 0 Å². The minimum absolute atomic E-state index is 0.893. The van der Waals surface area contributed by atoms with Crippen molar-refractivity contribution in [1.82, 2.24) is 0 Å². The number of hydrogen-bond donors (Lipinski definition) is 2. The molecule has 0 unspecified atom stereocenters. The van der Waals surface area contributed by atoms with Gasteiger partial charge in [0.25, 0.3) is 0 Å². The molecule has 0 amide bonds. The Morgan fingerprint density at radius 2 is 1.17 bits per heavy atom. The lowest BCUT2D eigenvalue weighted by Crippen LogP contribution is -2.10. The lowest BCUT2D eigenvalue weighted by atomic mass is 9.97. The van der Waals surface area contributed by atoms with Crippen molar-refractivity contribution in [2.45, 2.75) is 65.2 Å². The zero-order chi connectivity index (χ0) is 17.6. The summed E-state index contributed by atoms with van der Waals surface area (Å²) in [6, 6.07) is 4.44. The smallest absolute Gasteiger partial charge is 0.0380 e. The van der Waals surface area contributed by atoms with E-state index in [2.05, 4.69) is 49.8 Å². The van der Waals surface area contributed by atoms with Gasteiger partial charge in [0.05, 0.1) is 0 Å². The van der Waals surface area contributed by atoms with E-state index in [0.717, 1.165) is 25.9 Å². The Balaban J connectivity index is 2.93. The van der Waals surface area contributed by atoms with Crippen molar-refractivity contribution in [2.75, 3.05) is 23.7 Å². The maximum atomic E-state index is 3.95. The zero-order valence-corrected chi connectivity index (χ0v) is 15.8. The second kappa shape index (κ2) is 12.7. The second-order valence-electron chi connectivity index (χ2n) is 6.37. The van der Waals surface area contributed by atoms with Gasteiger partial charge in [-0.15, -0.1) is 13.2 Å². The van der Waals surface area contributed by atoms with E-state index in [1.807, 2.05) is 12.2 Å². The molecule has 0 aromatic heterocycles. The van der Waals surface area contributed by atoms with Crippen LogP contribution in [0.2, 0.25) is 0 Å². The van der Waals surface area contributed by atoms with Crippen molar-refractivity contribution in [3.8, 4) is 0 Å². The molecule has 134 valence electrons. The number of allylic oxidation sites excluding steroid dienone is 2. The number of unbranched alkanes of at least 4 members (excludes halogenated alkanes) is 4. The minimum atomic E-state index is 0.893. The molecule has 0 spiro atoms. The summed E-state index contributed by atoms with van der Waals surface area (Å²) in [5.41, 5.74) is 5.23. The predicted molar refractivity (Wildman–Crippen MR) is 110 cm³/mol. The molecule has 0 fully saturated rings. The lowest BCUT2D eigenvalue weighted by Gasteiger charge is -2.19. The second-order valence-corrected chi connectivity index (χ2v) is 6.37. The molecule has 1 rings (SSSR count). The van der Waals surface area contributed by atoms with Gasteiger partial charge < -0.3 is 10.6 Å². The first-order chi connectivity index (χ1) is 11.8. The first-order valence-electron chi connectivity index (χ1n) is 9.62. The summed E-state index contributed by atoms with van der Waals surface area (Å²) in [7, 11) is 0. The van der Waals surface area contributed by atoms with Crippen molar-refractivity contribution in [3.05, 3.63) is 48.6 Å². The van der Waals surface area contributed by atoms with Crippen LogP contribution in [0, 0.1) is 0 Å². The summed E-state index contributed by atoms with van der Waals surface area (Å²) in [6.07, 6.45) is 13.3. The minimum Gasteiger partial charge on any atom is -0.385 e. The van der Waals surface area contributed by atoms with Crippen LogP contribution in [0.15, 0.2) is 37.4 Å². The molecular formula is C22H36N2. The van der Waals surface area contributed by atoms with Crippen molar-refractivity contribution in [2.24, 2.45) is 0 Å². The van der Waals surface area contributed by atoms with E-state index < -0.39 is 0 Å². The third kappa shape index (κ3) is 6.82. The van der Waals surface area contributed by atoms with E-state index in [4.69, 9.17) is 0 Å². The fourth-order valence-electron chi connectivity index (χ4n) is 2.98. The molecule has 1 aromatic carbocycles. The van der Waals surface area contributed by atoms with Crippen molar-refractivity contribution in [1.29, 1.82) is 0 Å². The summed E-state index contributed by atoms with van der Waals surface area (Å²) in [4.78, 5) is 0. The van der Waals surface area contributed by atoms with Crippen LogP contribution in [0.4, 0.5) is 11.4 Å². The topological polar surface area (TPSA) is 24.1 Å². The Labute approximate surface area is 149 Å². The normalized spacial score (nSPS) is 10.4. The molecule has 0 heterocycles. The molecule has 2 heteroatoms. The van der Waals surface area contributed by atoms with Gasteiger partial charge in [0.2, 0.25) is 0 Å². The molecule has 0 saturated heterocycles. The van der Waals surface area contributed by atoms with Crippen LogP contribution in [-0.4, -0.2) is 13.1 Å². The van der Waals surface area contributed by atoms with Gasteiger partial charge in [-0.2, -0.15) is 0 Å². The Morgan fingerprint density at radius 1 is 0.750 bits per heavy atom. The number of anilines is 2. The number of hydrogen-bond acceptors (Lipinski definition) is 2. The van der Waals surface area contributed by atoms with E-state index in [9.17, 15) is 0 Å². The molecular weight excluding hydrogens is 292 g/mol. The maximum absolute atomic E-state index is 3.95. The molecule has 0 aliphatic carbocycles. The zero-order valence-electron chi connectivity index (χ0n) is 15.8. The van der Waals surface area contributed by atoms with Gasteiger partial charge in [-0.25, -0.2) is 0 Å². The van der Waals surface area contributed by atoms with Crippen LogP contribution in [0.3, 0.4) is 0 Å².